The Morgan fingerprint density at radius 1 is 1.09 bits per heavy atom. The summed E-state index contributed by atoms with van der Waals surface area (Å²) in [6, 6.07) is 7.52. The number of aliphatic imine (C=N–C) groups is 1. The van der Waals surface area contributed by atoms with E-state index in [9.17, 15) is 18.4 Å². The zero-order valence-corrected chi connectivity index (χ0v) is 17.2. The number of hydrogen-bond acceptors (Lipinski definition) is 6. The van der Waals surface area contributed by atoms with Crippen LogP contribution in [0.25, 0.3) is 11.3 Å². The Labute approximate surface area is 182 Å². The number of carbonyl (C=O) groups excluding carboxylic acids is 2. The molecule has 164 valence electrons. The molecule has 0 aliphatic heterocycles. The van der Waals surface area contributed by atoms with Crippen molar-refractivity contribution in [1.82, 2.24) is 9.97 Å². The quantitative estimate of drug-likeness (QED) is 0.344. The molecule has 0 unspecified atom stereocenters. The number of ketones is 1. The molecule has 3 rings (SSSR count). The van der Waals surface area contributed by atoms with Crippen LogP contribution in [0.3, 0.4) is 0 Å². The van der Waals surface area contributed by atoms with Gasteiger partial charge in [-0.15, -0.1) is 0 Å². The Morgan fingerprint density at radius 3 is 2.53 bits per heavy atom. The van der Waals surface area contributed by atoms with Crippen LogP contribution in [-0.4, -0.2) is 34.6 Å². The second kappa shape index (κ2) is 9.73. The molecule has 2 aromatic carbocycles. The first-order valence-electron chi connectivity index (χ1n) is 9.46. The largest absolute Gasteiger partial charge is 0.497 e. The Hall–Kier alpha value is -4.21. The number of amides is 1. The maximum Gasteiger partial charge on any atom is 0.290 e. The molecule has 0 spiro atoms. The Morgan fingerprint density at radius 2 is 1.88 bits per heavy atom. The van der Waals surface area contributed by atoms with Crippen LogP contribution in [0, 0.1) is 11.6 Å². The number of Topliss-reactive ketones (excluding diaryl/α,β-unsaturated/α-hetero) is 1. The van der Waals surface area contributed by atoms with Gasteiger partial charge in [-0.05, 0) is 30.3 Å². The SMILES string of the molecule is CCC(=O)c1cc(F)ccc1NC(=O)C(N)=Nc1cnc(-c2cc(F)cc(OC)c2)cn1. The van der Waals surface area contributed by atoms with Crippen LogP contribution in [0.1, 0.15) is 23.7 Å². The second-order valence-electron chi connectivity index (χ2n) is 6.56. The number of anilines is 1. The van der Waals surface area contributed by atoms with Gasteiger partial charge in [0.25, 0.3) is 5.91 Å². The van der Waals surface area contributed by atoms with E-state index in [2.05, 4.69) is 20.3 Å². The third kappa shape index (κ3) is 5.28. The van der Waals surface area contributed by atoms with E-state index >= 15 is 0 Å². The van der Waals surface area contributed by atoms with E-state index in [1.54, 1.807) is 13.0 Å². The first-order valence-corrected chi connectivity index (χ1v) is 9.46. The lowest BCUT2D eigenvalue weighted by Gasteiger charge is -2.10. The van der Waals surface area contributed by atoms with Gasteiger partial charge in [-0.1, -0.05) is 6.92 Å². The summed E-state index contributed by atoms with van der Waals surface area (Å²) in [4.78, 5) is 36.5. The van der Waals surface area contributed by atoms with Crippen molar-refractivity contribution in [2.75, 3.05) is 12.4 Å². The fourth-order valence-electron chi connectivity index (χ4n) is 2.76. The molecule has 0 atom stereocenters. The van der Waals surface area contributed by atoms with Crippen molar-refractivity contribution >= 4 is 29.0 Å². The summed E-state index contributed by atoms with van der Waals surface area (Å²) in [5, 5.41) is 2.44. The minimum Gasteiger partial charge on any atom is -0.497 e. The molecule has 0 saturated carbocycles. The first kappa shape index (κ1) is 22.5. The highest BCUT2D eigenvalue weighted by molar-refractivity contribution is 6.42. The molecule has 0 aliphatic carbocycles. The van der Waals surface area contributed by atoms with Crippen LogP contribution in [0.15, 0.2) is 53.8 Å². The fraction of sp³-hybridized carbons (Fsp3) is 0.136. The van der Waals surface area contributed by atoms with Crippen molar-refractivity contribution in [2.24, 2.45) is 10.7 Å². The molecular formula is C22H19F2N5O3. The van der Waals surface area contributed by atoms with Gasteiger partial charge in [0.1, 0.15) is 17.4 Å². The number of halogens is 2. The number of nitrogens with one attached hydrogen (secondary N) is 1. The molecule has 10 heteroatoms. The first-order chi connectivity index (χ1) is 15.3. The number of carbonyl (C=O) groups is 2. The number of hydrogen-bond donors (Lipinski definition) is 2. The van der Waals surface area contributed by atoms with Gasteiger partial charge < -0.3 is 15.8 Å². The van der Waals surface area contributed by atoms with Crippen LogP contribution >= 0.6 is 0 Å². The zero-order valence-electron chi connectivity index (χ0n) is 17.2. The van der Waals surface area contributed by atoms with Gasteiger partial charge in [0.05, 0.1) is 30.9 Å². The smallest absolute Gasteiger partial charge is 0.290 e. The van der Waals surface area contributed by atoms with Gasteiger partial charge in [0.2, 0.25) is 0 Å². The van der Waals surface area contributed by atoms with Gasteiger partial charge in [-0.3, -0.25) is 14.6 Å². The maximum absolute atomic E-state index is 13.7. The summed E-state index contributed by atoms with van der Waals surface area (Å²) in [6.07, 6.45) is 2.74. The highest BCUT2D eigenvalue weighted by Gasteiger charge is 2.16. The predicted molar refractivity (Wildman–Crippen MR) is 115 cm³/mol. The highest BCUT2D eigenvalue weighted by atomic mass is 19.1. The lowest BCUT2D eigenvalue weighted by atomic mass is 10.1. The van der Waals surface area contributed by atoms with Crippen LogP contribution in [0.2, 0.25) is 0 Å². The van der Waals surface area contributed by atoms with Gasteiger partial charge in [0.15, 0.2) is 17.4 Å². The van der Waals surface area contributed by atoms with Gasteiger partial charge in [-0.2, -0.15) is 0 Å². The molecule has 0 fully saturated rings. The molecule has 0 radical (unpaired) electrons. The van der Waals surface area contributed by atoms with Crippen molar-refractivity contribution < 1.29 is 23.1 Å². The molecule has 1 amide bonds. The van der Waals surface area contributed by atoms with Crippen molar-refractivity contribution in [3.63, 3.8) is 0 Å². The van der Waals surface area contributed by atoms with E-state index in [0.29, 0.717) is 17.0 Å². The lowest BCUT2D eigenvalue weighted by molar-refractivity contribution is -0.110. The average molecular weight is 439 g/mol. The van der Waals surface area contributed by atoms with Crippen LogP contribution in [0.5, 0.6) is 5.75 Å². The van der Waals surface area contributed by atoms with E-state index in [4.69, 9.17) is 10.5 Å². The van der Waals surface area contributed by atoms with Crippen molar-refractivity contribution in [1.29, 1.82) is 0 Å². The normalized spacial score (nSPS) is 11.2. The minimum atomic E-state index is -0.803. The molecule has 3 N–H and O–H groups in total. The molecule has 32 heavy (non-hydrogen) atoms. The maximum atomic E-state index is 13.7. The molecule has 0 aliphatic rings. The van der Waals surface area contributed by atoms with Crippen molar-refractivity contribution in [3.05, 3.63) is 66.0 Å². The number of methoxy groups -OCH3 is 1. The van der Waals surface area contributed by atoms with E-state index in [1.807, 2.05) is 0 Å². The highest BCUT2D eigenvalue weighted by Crippen LogP contribution is 2.24. The number of amidine groups is 1. The molecule has 0 bridgehead atoms. The van der Waals surface area contributed by atoms with Gasteiger partial charge >= 0.3 is 0 Å². The average Bonchev–Trinajstić information content (AvgIpc) is 2.79. The third-order valence-corrected chi connectivity index (χ3v) is 4.36. The topological polar surface area (TPSA) is 120 Å². The minimum absolute atomic E-state index is 0.0308. The summed E-state index contributed by atoms with van der Waals surface area (Å²) < 4.78 is 32.2. The standard InChI is InChI=1S/C22H19F2N5O3/c1-3-19(30)16-9-13(23)4-5-17(16)28-22(31)21(25)29-20-11-26-18(10-27-20)12-6-14(24)8-15(7-12)32-2/h4-11H,3H2,1-2H3,(H,28,31)(H2,25,27,29). The number of rotatable bonds is 6. The predicted octanol–water partition coefficient (Wildman–Crippen LogP) is 3.65. The van der Waals surface area contributed by atoms with Crippen molar-refractivity contribution in [3.8, 4) is 17.0 Å². The second-order valence-corrected chi connectivity index (χ2v) is 6.56. The van der Waals surface area contributed by atoms with Gasteiger partial charge in [-0.25, -0.2) is 18.8 Å². The van der Waals surface area contributed by atoms with Gasteiger partial charge in [0, 0.05) is 23.6 Å². The summed E-state index contributed by atoms with van der Waals surface area (Å²) in [7, 11) is 1.42. The lowest BCUT2D eigenvalue weighted by Crippen LogP contribution is -2.30. The number of benzene rings is 2. The summed E-state index contributed by atoms with van der Waals surface area (Å²) in [6.45, 7) is 1.62. The van der Waals surface area contributed by atoms with Crippen LogP contribution in [-0.2, 0) is 4.79 Å². The number of nitrogens with two attached hydrogens (primary N) is 1. The number of aromatic nitrogens is 2. The number of ether oxygens (including phenoxy) is 1. The Balaban J connectivity index is 1.79. The summed E-state index contributed by atoms with van der Waals surface area (Å²) in [5.41, 5.74) is 6.69. The van der Waals surface area contributed by atoms with Crippen LogP contribution in [0.4, 0.5) is 20.3 Å². The van der Waals surface area contributed by atoms with Crippen LogP contribution < -0.4 is 15.8 Å². The Bertz CT molecular complexity index is 1200. The summed E-state index contributed by atoms with van der Waals surface area (Å²) in [5.74, 6) is -2.33. The molecule has 1 aromatic heterocycles. The third-order valence-electron chi connectivity index (χ3n) is 4.36. The van der Waals surface area contributed by atoms with Crippen molar-refractivity contribution in [2.45, 2.75) is 13.3 Å². The van der Waals surface area contributed by atoms with E-state index < -0.39 is 23.4 Å². The Kier molecular flexibility index (Phi) is 6.83. The zero-order chi connectivity index (χ0) is 23.3. The summed E-state index contributed by atoms with van der Waals surface area (Å²) >= 11 is 0. The molecule has 3 aromatic rings. The molecule has 8 nitrogen and oxygen atoms in total. The monoisotopic (exact) mass is 439 g/mol. The molecule has 0 saturated heterocycles. The van der Waals surface area contributed by atoms with E-state index in [1.165, 1.54) is 37.7 Å². The molecule has 1 heterocycles. The van der Waals surface area contributed by atoms with E-state index in [-0.39, 0.29) is 29.3 Å². The van der Waals surface area contributed by atoms with E-state index in [0.717, 1.165) is 12.1 Å². The molecular weight excluding hydrogens is 420 g/mol. The number of nitrogens with zero attached hydrogens (tertiary/aromatic N) is 3. The fourth-order valence-corrected chi connectivity index (χ4v) is 2.76.